The van der Waals surface area contributed by atoms with Crippen molar-refractivity contribution in [2.75, 3.05) is 17.2 Å². The second-order valence-corrected chi connectivity index (χ2v) is 5.52. The van der Waals surface area contributed by atoms with Crippen LogP contribution in [0.4, 0.5) is 11.4 Å². The SMILES string of the molecule is CC(C(=O)Nc1ccc2c(c1)CCCN2)C1CC1.Cl. The van der Waals surface area contributed by atoms with Crippen LogP contribution in [0.3, 0.4) is 0 Å². The summed E-state index contributed by atoms with van der Waals surface area (Å²) in [6.45, 7) is 3.09. The van der Waals surface area contributed by atoms with Gasteiger partial charge in [-0.1, -0.05) is 6.92 Å². The molecule has 2 N–H and O–H groups in total. The first-order valence-corrected chi connectivity index (χ1v) is 6.92. The highest BCUT2D eigenvalue weighted by atomic mass is 35.5. The maximum atomic E-state index is 12.0. The first-order valence-electron chi connectivity index (χ1n) is 6.92. The Balaban J connectivity index is 0.00000133. The van der Waals surface area contributed by atoms with Gasteiger partial charge in [-0.3, -0.25) is 4.79 Å². The summed E-state index contributed by atoms with van der Waals surface area (Å²) < 4.78 is 0. The first kappa shape index (κ1) is 14.2. The Morgan fingerprint density at radius 3 is 2.95 bits per heavy atom. The second-order valence-electron chi connectivity index (χ2n) is 5.52. The number of rotatable bonds is 3. The Morgan fingerprint density at radius 2 is 2.21 bits per heavy atom. The Labute approximate surface area is 120 Å². The van der Waals surface area contributed by atoms with Crippen LogP contribution in [0.5, 0.6) is 0 Å². The molecule has 3 nitrogen and oxygen atoms in total. The highest BCUT2D eigenvalue weighted by molar-refractivity contribution is 5.93. The van der Waals surface area contributed by atoms with Gasteiger partial charge in [0.1, 0.15) is 0 Å². The second kappa shape index (κ2) is 5.83. The number of halogens is 1. The van der Waals surface area contributed by atoms with E-state index >= 15 is 0 Å². The Hall–Kier alpha value is -1.22. The predicted octanol–water partition coefficient (Wildman–Crippen LogP) is 3.45. The van der Waals surface area contributed by atoms with Crippen molar-refractivity contribution in [2.45, 2.75) is 32.6 Å². The fraction of sp³-hybridized carbons (Fsp3) is 0.533. The molecule has 1 saturated carbocycles. The predicted molar refractivity (Wildman–Crippen MR) is 81.0 cm³/mol. The van der Waals surface area contributed by atoms with Crippen molar-refractivity contribution < 1.29 is 4.79 Å². The number of carbonyl (C=O) groups excluding carboxylic acids is 1. The standard InChI is InChI=1S/C15H20N2O.ClH/c1-10(11-4-5-11)15(18)17-13-6-7-14-12(9-13)3-2-8-16-14;/h6-7,9-11,16H,2-5,8H2,1H3,(H,17,18);1H. The number of amides is 1. The summed E-state index contributed by atoms with van der Waals surface area (Å²) in [6.07, 6.45) is 4.69. The van der Waals surface area contributed by atoms with E-state index in [9.17, 15) is 4.79 Å². The van der Waals surface area contributed by atoms with Crippen molar-refractivity contribution in [3.05, 3.63) is 23.8 Å². The van der Waals surface area contributed by atoms with Gasteiger partial charge in [-0.2, -0.15) is 0 Å². The normalized spacial score (nSPS) is 18.6. The lowest BCUT2D eigenvalue weighted by Gasteiger charge is -2.19. The lowest BCUT2D eigenvalue weighted by Crippen LogP contribution is -2.22. The van der Waals surface area contributed by atoms with Crippen LogP contribution < -0.4 is 10.6 Å². The zero-order chi connectivity index (χ0) is 12.5. The van der Waals surface area contributed by atoms with Crippen LogP contribution in [0.15, 0.2) is 18.2 Å². The number of benzene rings is 1. The molecule has 19 heavy (non-hydrogen) atoms. The van der Waals surface area contributed by atoms with Crippen molar-refractivity contribution in [3.8, 4) is 0 Å². The molecule has 2 aliphatic rings. The smallest absolute Gasteiger partial charge is 0.227 e. The minimum absolute atomic E-state index is 0. The number of aryl methyl sites for hydroxylation is 1. The molecule has 0 saturated heterocycles. The summed E-state index contributed by atoms with van der Waals surface area (Å²) in [5.41, 5.74) is 3.47. The number of fused-ring (bicyclic) bond motifs is 1. The van der Waals surface area contributed by atoms with Crippen LogP contribution in [0, 0.1) is 11.8 Å². The summed E-state index contributed by atoms with van der Waals surface area (Å²) in [7, 11) is 0. The Morgan fingerprint density at radius 1 is 1.42 bits per heavy atom. The monoisotopic (exact) mass is 280 g/mol. The molecular weight excluding hydrogens is 260 g/mol. The highest BCUT2D eigenvalue weighted by Crippen LogP contribution is 2.37. The van der Waals surface area contributed by atoms with Gasteiger partial charge in [0.15, 0.2) is 0 Å². The highest BCUT2D eigenvalue weighted by Gasteiger charge is 2.32. The molecule has 0 radical (unpaired) electrons. The summed E-state index contributed by atoms with van der Waals surface area (Å²) in [4.78, 5) is 12.0. The number of anilines is 2. The Bertz CT molecular complexity index is 471. The van der Waals surface area contributed by atoms with Crippen LogP contribution in [0.1, 0.15) is 31.7 Å². The van der Waals surface area contributed by atoms with E-state index in [0.717, 1.165) is 18.7 Å². The van der Waals surface area contributed by atoms with E-state index < -0.39 is 0 Å². The van der Waals surface area contributed by atoms with Crippen LogP contribution >= 0.6 is 12.4 Å². The molecule has 3 rings (SSSR count). The van der Waals surface area contributed by atoms with Crippen LogP contribution in [0.25, 0.3) is 0 Å². The number of nitrogens with one attached hydrogen (secondary N) is 2. The third kappa shape index (κ3) is 3.21. The zero-order valence-corrected chi connectivity index (χ0v) is 12.1. The molecule has 1 aliphatic carbocycles. The Kier molecular flexibility index (Phi) is 4.35. The minimum Gasteiger partial charge on any atom is -0.385 e. The van der Waals surface area contributed by atoms with Gasteiger partial charge in [0.2, 0.25) is 5.91 Å². The quantitative estimate of drug-likeness (QED) is 0.890. The molecule has 1 amide bonds. The first-order chi connectivity index (χ1) is 8.74. The number of hydrogen-bond acceptors (Lipinski definition) is 2. The van der Waals surface area contributed by atoms with E-state index in [4.69, 9.17) is 0 Å². The van der Waals surface area contributed by atoms with Gasteiger partial charge in [-0.15, -0.1) is 12.4 Å². The zero-order valence-electron chi connectivity index (χ0n) is 11.2. The number of carbonyl (C=O) groups is 1. The van der Waals surface area contributed by atoms with Crippen LogP contribution in [0.2, 0.25) is 0 Å². The van der Waals surface area contributed by atoms with E-state index in [0.29, 0.717) is 5.92 Å². The van der Waals surface area contributed by atoms with Crippen LogP contribution in [-0.4, -0.2) is 12.5 Å². The van der Waals surface area contributed by atoms with Gasteiger partial charge < -0.3 is 10.6 Å². The van der Waals surface area contributed by atoms with Gasteiger partial charge in [-0.25, -0.2) is 0 Å². The molecule has 1 aromatic rings. The van der Waals surface area contributed by atoms with E-state index in [1.807, 2.05) is 13.0 Å². The maximum Gasteiger partial charge on any atom is 0.227 e. The molecule has 1 unspecified atom stereocenters. The van der Waals surface area contributed by atoms with Crippen molar-refractivity contribution in [1.29, 1.82) is 0 Å². The van der Waals surface area contributed by atoms with E-state index in [-0.39, 0.29) is 24.2 Å². The summed E-state index contributed by atoms with van der Waals surface area (Å²) >= 11 is 0. The molecule has 1 atom stereocenters. The lowest BCUT2D eigenvalue weighted by atomic mass is 10.0. The summed E-state index contributed by atoms with van der Waals surface area (Å²) in [6, 6.07) is 6.18. The topological polar surface area (TPSA) is 41.1 Å². The maximum absolute atomic E-state index is 12.0. The van der Waals surface area contributed by atoms with Crippen molar-refractivity contribution >= 4 is 29.7 Å². The van der Waals surface area contributed by atoms with E-state index in [2.05, 4.69) is 22.8 Å². The summed E-state index contributed by atoms with van der Waals surface area (Å²) in [5, 5.41) is 6.43. The van der Waals surface area contributed by atoms with E-state index in [1.54, 1.807) is 0 Å². The third-order valence-electron chi connectivity index (χ3n) is 4.05. The average molecular weight is 281 g/mol. The molecule has 0 bridgehead atoms. The van der Waals surface area contributed by atoms with Gasteiger partial charge in [0.05, 0.1) is 0 Å². The van der Waals surface area contributed by atoms with Crippen LogP contribution in [-0.2, 0) is 11.2 Å². The fourth-order valence-corrected chi connectivity index (χ4v) is 2.62. The molecule has 4 heteroatoms. The summed E-state index contributed by atoms with van der Waals surface area (Å²) in [5.74, 6) is 0.935. The molecule has 104 valence electrons. The molecule has 0 aromatic heterocycles. The number of hydrogen-bond donors (Lipinski definition) is 2. The van der Waals surface area contributed by atoms with Gasteiger partial charge in [0.25, 0.3) is 0 Å². The van der Waals surface area contributed by atoms with Crippen molar-refractivity contribution in [2.24, 2.45) is 11.8 Å². The van der Waals surface area contributed by atoms with Crippen molar-refractivity contribution in [3.63, 3.8) is 0 Å². The average Bonchev–Trinajstić information content (AvgIpc) is 3.22. The van der Waals surface area contributed by atoms with Gasteiger partial charge >= 0.3 is 0 Å². The molecule has 1 aromatic carbocycles. The van der Waals surface area contributed by atoms with Gasteiger partial charge in [-0.05, 0) is 55.4 Å². The van der Waals surface area contributed by atoms with E-state index in [1.165, 1.54) is 30.5 Å². The third-order valence-corrected chi connectivity index (χ3v) is 4.05. The van der Waals surface area contributed by atoms with Gasteiger partial charge in [0, 0.05) is 23.8 Å². The molecule has 1 fully saturated rings. The molecule has 0 spiro atoms. The molecule has 1 aliphatic heterocycles. The lowest BCUT2D eigenvalue weighted by molar-refractivity contribution is -0.119. The molecule has 1 heterocycles. The minimum atomic E-state index is 0. The fourth-order valence-electron chi connectivity index (χ4n) is 2.62. The largest absolute Gasteiger partial charge is 0.385 e. The van der Waals surface area contributed by atoms with Crippen molar-refractivity contribution in [1.82, 2.24) is 0 Å². The molecular formula is C15H21ClN2O.